The Balaban J connectivity index is 0. The zero-order valence-corrected chi connectivity index (χ0v) is 26.1. The van der Waals surface area contributed by atoms with E-state index in [1.807, 2.05) is 20.8 Å². The molecule has 0 saturated carbocycles. The zero-order valence-electron chi connectivity index (χ0n) is 26.1. The lowest BCUT2D eigenvalue weighted by Crippen LogP contribution is -2.53. The summed E-state index contributed by atoms with van der Waals surface area (Å²) in [6.07, 6.45) is 0.707. The van der Waals surface area contributed by atoms with E-state index in [-0.39, 0.29) is 31.8 Å². The van der Waals surface area contributed by atoms with Crippen LogP contribution in [0.2, 0.25) is 0 Å². The van der Waals surface area contributed by atoms with Crippen molar-refractivity contribution in [3.8, 4) is 0 Å². The van der Waals surface area contributed by atoms with Crippen molar-refractivity contribution >= 4 is 24.0 Å². The first-order chi connectivity index (χ1) is 20.0. The molecule has 0 heterocycles. The molecule has 1 rings (SSSR count). The summed E-state index contributed by atoms with van der Waals surface area (Å²) >= 11 is 0. The molecule has 242 valence electrons. The molecule has 0 aliphatic rings. The predicted octanol–water partition coefficient (Wildman–Crippen LogP) is 3.84. The minimum atomic E-state index is -4.48. The molecule has 0 radical (unpaired) electrons. The van der Waals surface area contributed by atoms with Gasteiger partial charge in [0.2, 0.25) is 17.7 Å². The van der Waals surface area contributed by atoms with Crippen molar-refractivity contribution < 1.29 is 32.3 Å². The van der Waals surface area contributed by atoms with Crippen molar-refractivity contribution in [2.24, 2.45) is 5.73 Å². The Morgan fingerprint density at radius 2 is 1.57 bits per heavy atom. The molecule has 2 atom stereocenters. The average Bonchev–Trinajstić information content (AvgIpc) is 2.97. The molecular formula is C30H52F3N5O4. The van der Waals surface area contributed by atoms with Gasteiger partial charge in [0.05, 0.1) is 24.7 Å². The summed E-state index contributed by atoms with van der Waals surface area (Å²) in [5.41, 5.74) is 5.14. The van der Waals surface area contributed by atoms with Gasteiger partial charge in [-0.05, 0) is 63.4 Å². The van der Waals surface area contributed by atoms with Gasteiger partial charge in [-0.15, -0.1) is 0 Å². The molecular weight excluding hydrogens is 551 g/mol. The highest BCUT2D eigenvalue weighted by Gasteiger charge is 2.30. The molecule has 0 saturated heterocycles. The Labute approximate surface area is 249 Å². The topological polar surface area (TPSA) is 134 Å². The normalized spacial score (nSPS) is 12.0. The smallest absolute Gasteiger partial charge is 0.344 e. The highest BCUT2D eigenvalue weighted by atomic mass is 19.4. The van der Waals surface area contributed by atoms with Gasteiger partial charge in [-0.25, -0.2) is 0 Å². The van der Waals surface area contributed by atoms with Gasteiger partial charge in [-0.1, -0.05) is 59.6 Å². The van der Waals surface area contributed by atoms with Crippen LogP contribution in [0.25, 0.3) is 0 Å². The number of rotatable bonds is 17. The maximum absolute atomic E-state index is 12.9. The van der Waals surface area contributed by atoms with Crippen LogP contribution >= 0.6 is 0 Å². The Morgan fingerprint density at radius 3 is 2.02 bits per heavy atom. The van der Waals surface area contributed by atoms with Gasteiger partial charge < -0.3 is 31.4 Å². The van der Waals surface area contributed by atoms with E-state index < -0.39 is 35.6 Å². The Bertz CT molecular complexity index is 881. The number of hydrogen-bond acceptors (Lipinski definition) is 6. The van der Waals surface area contributed by atoms with Crippen molar-refractivity contribution in [3.63, 3.8) is 0 Å². The third kappa shape index (κ3) is 18.4. The van der Waals surface area contributed by atoms with Gasteiger partial charge in [-0.3, -0.25) is 14.4 Å². The third-order valence-electron chi connectivity index (χ3n) is 5.84. The van der Waals surface area contributed by atoms with Crippen molar-refractivity contribution in [2.45, 2.75) is 97.8 Å². The summed E-state index contributed by atoms with van der Waals surface area (Å²) in [7, 11) is 1.62. The fraction of sp³-hybridized carbons (Fsp3) is 0.667. The molecule has 9 nitrogen and oxygen atoms in total. The minimum Gasteiger partial charge on any atom is -0.344 e. The molecule has 0 spiro atoms. The van der Waals surface area contributed by atoms with E-state index in [0.717, 1.165) is 12.1 Å². The highest BCUT2D eigenvalue weighted by molar-refractivity contribution is 5.91. The number of nitrogens with one attached hydrogen (secondary N) is 3. The van der Waals surface area contributed by atoms with Crippen LogP contribution in [-0.4, -0.2) is 74.2 Å². The van der Waals surface area contributed by atoms with Crippen molar-refractivity contribution in [2.75, 3.05) is 33.2 Å². The van der Waals surface area contributed by atoms with Crippen LogP contribution in [0.5, 0.6) is 0 Å². The number of unbranched alkanes of at least 4 members (excludes halogenated alkanes) is 2. The molecule has 0 aliphatic heterocycles. The molecule has 0 fully saturated rings. The largest absolute Gasteiger partial charge is 0.416 e. The minimum absolute atomic E-state index is 0.0142. The van der Waals surface area contributed by atoms with Crippen LogP contribution in [0, 0.1) is 0 Å². The summed E-state index contributed by atoms with van der Waals surface area (Å²) in [4.78, 5) is 50.8. The number of halogens is 3. The Kier molecular flexibility index (Phi) is 24.1. The van der Waals surface area contributed by atoms with Crippen LogP contribution in [-0.2, 0) is 31.8 Å². The maximum Gasteiger partial charge on any atom is 0.416 e. The quantitative estimate of drug-likeness (QED) is 0.158. The van der Waals surface area contributed by atoms with Crippen molar-refractivity contribution in [1.82, 2.24) is 20.9 Å². The van der Waals surface area contributed by atoms with Crippen molar-refractivity contribution in [1.29, 1.82) is 0 Å². The molecule has 12 heteroatoms. The molecule has 1 aromatic rings. The molecule has 0 bridgehead atoms. The molecule has 0 aliphatic carbocycles. The lowest BCUT2D eigenvalue weighted by molar-refractivity contribution is -0.137. The van der Waals surface area contributed by atoms with E-state index in [9.17, 15) is 32.3 Å². The van der Waals surface area contributed by atoms with E-state index in [2.05, 4.69) is 29.8 Å². The first kappa shape index (κ1) is 41.1. The molecule has 3 amide bonds. The van der Waals surface area contributed by atoms with Crippen LogP contribution in [0.15, 0.2) is 24.3 Å². The van der Waals surface area contributed by atoms with Crippen LogP contribution < -0.4 is 21.7 Å². The van der Waals surface area contributed by atoms with Crippen LogP contribution in [0.1, 0.15) is 84.3 Å². The van der Waals surface area contributed by atoms with Gasteiger partial charge >= 0.3 is 6.18 Å². The second-order valence-electron chi connectivity index (χ2n) is 9.40. The number of likely N-dealkylation sites (N-methyl/N-ethyl adjacent to an activating group) is 1. The second-order valence-corrected chi connectivity index (χ2v) is 9.40. The molecule has 1 aromatic carbocycles. The third-order valence-corrected chi connectivity index (χ3v) is 5.84. The number of carbonyl (C=O) groups is 4. The number of amides is 3. The van der Waals surface area contributed by atoms with Crippen molar-refractivity contribution in [3.05, 3.63) is 35.4 Å². The SMILES string of the molecule is CC.CCCC.CCCN(CC(=O)NC(CCCCN)C(=O)N[C@@H](C=O)Cc1ccc(C(F)(F)F)cc1)C(=O)CNC. The van der Waals surface area contributed by atoms with Crippen LogP contribution in [0.3, 0.4) is 0 Å². The number of hydrogen-bond donors (Lipinski definition) is 4. The summed E-state index contributed by atoms with van der Waals surface area (Å²) in [6, 6.07) is 2.34. The van der Waals surface area contributed by atoms with Gasteiger partial charge in [0.1, 0.15) is 12.3 Å². The Morgan fingerprint density at radius 1 is 0.976 bits per heavy atom. The highest BCUT2D eigenvalue weighted by Crippen LogP contribution is 2.29. The number of nitrogens with zero attached hydrogens (tertiary/aromatic N) is 1. The van der Waals surface area contributed by atoms with E-state index in [1.165, 1.54) is 29.9 Å². The van der Waals surface area contributed by atoms with E-state index in [1.54, 1.807) is 7.05 Å². The Hall–Kier alpha value is -2.99. The molecule has 5 N–H and O–H groups in total. The molecule has 1 unspecified atom stereocenters. The van der Waals surface area contributed by atoms with E-state index in [0.29, 0.717) is 44.2 Å². The van der Waals surface area contributed by atoms with Gasteiger partial charge in [0, 0.05) is 6.54 Å². The predicted molar refractivity (Wildman–Crippen MR) is 161 cm³/mol. The number of aldehydes is 1. The summed E-state index contributed by atoms with van der Waals surface area (Å²) in [6.45, 7) is 10.8. The first-order valence-electron chi connectivity index (χ1n) is 14.8. The zero-order chi connectivity index (χ0) is 32.6. The summed E-state index contributed by atoms with van der Waals surface area (Å²) < 4.78 is 38.3. The standard InChI is InChI=1S/C24H36F3N5O4.C4H10.C2H6/c1-3-12-32(22(35)14-29-2)15-21(34)31-20(6-4-5-11-28)23(36)30-19(16-33)13-17-7-9-18(10-8-17)24(25,26)27;1-3-4-2;1-2/h7-10,16,19-20,29H,3-6,11-15,28H2,1-2H3,(H,30,36)(H,31,34);3-4H2,1-2H3;1-2H3/t19-,20?;;/m1../s1. The molecule has 42 heavy (non-hydrogen) atoms. The van der Waals surface area contributed by atoms with Gasteiger partial charge in [-0.2, -0.15) is 13.2 Å². The summed E-state index contributed by atoms with van der Waals surface area (Å²) in [5, 5.41) is 7.92. The second kappa shape index (κ2) is 24.6. The first-order valence-corrected chi connectivity index (χ1v) is 14.8. The number of carbonyl (C=O) groups excluding carboxylic acids is 4. The van der Waals surface area contributed by atoms with Crippen LogP contribution in [0.4, 0.5) is 13.2 Å². The van der Waals surface area contributed by atoms with E-state index >= 15 is 0 Å². The van der Waals surface area contributed by atoms with Gasteiger partial charge in [0.25, 0.3) is 0 Å². The fourth-order valence-corrected chi connectivity index (χ4v) is 3.50. The van der Waals surface area contributed by atoms with Gasteiger partial charge in [0.15, 0.2) is 0 Å². The monoisotopic (exact) mass is 603 g/mol. The lowest BCUT2D eigenvalue weighted by atomic mass is 10.0. The van der Waals surface area contributed by atoms with E-state index in [4.69, 9.17) is 5.73 Å². The number of nitrogens with two attached hydrogens (primary N) is 1. The average molecular weight is 604 g/mol. The number of benzene rings is 1. The lowest BCUT2D eigenvalue weighted by Gasteiger charge is -2.24. The summed E-state index contributed by atoms with van der Waals surface area (Å²) in [5.74, 6) is -1.38. The fourth-order valence-electron chi connectivity index (χ4n) is 3.50. The number of alkyl halides is 3. The molecule has 0 aromatic heterocycles. The maximum atomic E-state index is 12.9.